The van der Waals surface area contributed by atoms with Crippen molar-refractivity contribution in [1.82, 2.24) is 5.32 Å². The monoisotopic (exact) mass is 249 g/mol. The maximum Gasteiger partial charge on any atom is 0.341 e. The summed E-state index contributed by atoms with van der Waals surface area (Å²) in [6.07, 6.45) is 2.42. The zero-order chi connectivity index (χ0) is 13.0. The largest absolute Gasteiger partial charge is 0.482 e. The molecule has 2 rings (SSSR count). The van der Waals surface area contributed by atoms with Crippen molar-refractivity contribution < 1.29 is 19.4 Å². The standard InChI is InChI=1S/C13H15NO4/c15-12(14-10-4-5-10)7-9-2-1-3-11(6-9)18-8-13(16)17/h1-3,6,10H,4-5,7-8H2,(H,14,15)(H,16,17). The van der Waals surface area contributed by atoms with E-state index in [0.717, 1.165) is 18.4 Å². The summed E-state index contributed by atoms with van der Waals surface area (Å²) in [4.78, 5) is 22.0. The number of carbonyl (C=O) groups is 2. The van der Waals surface area contributed by atoms with E-state index in [-0.39, 0.29) is 12.5 Å². The molecule has 0 bridgehead atoms. The van der Waals surface area contributed by atoms with E-state index >= 15 is 0 Å². The zero-order valence-corrected chi connectivity index (χ0v) is 9.89. The molecule has 1 fully saturated rings. The van der Waals surface area contributed by atoms with Crippen molar-refractivity contribution in [1.29, 1.82) is 0 Å². The molecular weight excluding hydrogens is 234 g/mol. The second-order valence-electron chi connectivity index (χ2n) is 4.35. The highest BCUT2D eigenvalue weighted by Crippen LogP contribution is 2.19. The lowest BCUT2D eigenvalue weighted by Gasteiger charge is -2.06. The number of hydrogen-bond donors (Lipinski definition) is 2. The van der Waals surface area contributed by atoms with Gasteiger partial charge >= 0.3 is 5.97 Å². The van der Waals surface area contributed by atoms with Crippen LogP contribution < -0.4 is 10.1 Å². The van der Waals surface area contributed by atoms with Crippen LogP contribution in [0.5, 0.6) is 5.75 Å². The first-order valence-corrected chi connectivity index (χ1v) is 5.86. The average Bonchev–Trinajstić information content (AvgIpc) is 3.10. The third-order valence-corrected chi connectivity index (χ3v) is 2.57. The maximum atomic E-state index is 11.6. The summed E-state index contributed by atoms with van der Waals surface area (Å²) in [7, 11) is 0. The van der Waals surface area contributed by atoms with E-state index in [1.807, 2.05) is 6.07 Å². The fourth-order valence-corrected chi connectivity index (χ4v) is 1.58. The summed E-state index contributed by atoms with van der Waals surface area (Å²) in [6.45, 7) is -0.377. The topological polar surface area (TPSA) is 75.6 Å². The first kappa shape index (κ1) is 12.4. The molecule has 1 amide bonds. The number of carboxylic acid groups (broad SMARTS) is 1. The summed E-state index contributed by atoms with van der Waals surface area (Å²) in [5.41, 5.74) is 0.816. The number of carboxylic acids is 1. The predicted octanol–water partition coefficient (Wildman–Crippen LogP) is 0.971. The quantitative estimate of drug-likeness (QED) is 0.787. The molecule has 1 aliphatic rings. The first-order chi connectivity index (χ1) is 8.63. The Labute approximate surface area is 105 Å². The van der Waals surface area contributed by atoms with Gasteiger partial charge in [0.05, 0.1) is 6.42 Å². The Bertz CT molecular complexity index is 454. The van der Waals surface area contributed by atoms with Gasteiger partial charge in [0.1, 0.15) is 5.75 Å². The Kier molecular flexibility index (Phi) is 3.82. The molecule has 0 aromatic heterocycles. The Balaban J connectivity index is 1.89. The minimum atomic E-state index is -1.02. The van der Waals surface area contributed by atoms with Gasteiger partial charge in [-0.2, -0.15) is 0 Å². The number of hydrogen-bond acceptors (Lipinski definition) is 3. The Hall–Kier alpha value is -2.04. The van der Waals surface area contributed by atoms with Gasteiger partial charge in [0.15, 0.2) is 6.61 Å². The van der Waals surface area contributed by atoms with Gasteiger partial charge in [-0.15, -0.1) is 0 Å². The molecule has 1 aromatic carbocycles. The highest BCUT2D eigenvalue weighted by Gasteiger charge is 2.23. The van der Waals surface area contributed by atoms with E-state index < -0.39 is 5.97 Å². The second-order valence-corrected chi connectivity index (χ2v) is 4.35. The number of aliphatic carboxylic acids is 1. The van der Waals surface area contributed by atoms with Crippen molar-refractivity contribution >= 4 is 11.9 Å². The molecular formula is C13H15NO4. The number of ether oxygens (including phenoxy) is 1. The van der Waals surface area contributed by atoms with Crippen LogP contribution in [0.2, 0.25) is 0 Å². The van der Waals surface area contributed by atoms with Crippen molar-refractivity contribution in [3.05, 3.63) is 29.8 Å². The van der Waals surface area contributed by atoms with Crippen LogP contribution in [-0.2, 0) is 16.0 Å². The van der Waals surface area contributed by atoms with Gasteiger partial charge in [0.2, 0.25) is 5.91 Å². The van der Waals surface area contributed by atoms with Gasteiger partial charge < -0.3 is 15.2 Å². The molecule has 0 saturated heterocycles. The molecule has 1 saturated carbocycles. The van der Waals surface area contributed by atoms with Crippen LogP contribution in [0.4, 0.5) is 0 Å². The lowest BCUT2D eigenvalue weighted by Crippen LogP contribution is -2.26. The van der Waals surface area contributed by atoms with Gasteiger partial charge in [-0.05, 0) is 30.5 Å². The molecule has 0 unspecified atom stereocenters. The van der Waals surface area contributed by atoms with Crippen molar-refractivity contribution in [2.45, 2.75) is 25.3 Å². The van der Waals surface area contributed by atoms with E-state index in [9.17, 15) is 9.59 Å². The summed E-state index contributed by atoms with van der Waals surface area (Å²) in [5, 5.41) is 11.4. The third kappa shape index (κ3) is 4.08. The van der Waals surface area contributed by atoms with Crippen molar-refractivity contribution in [2.75, 3.05) is 6.61 Å². The molecule has 2 N–H and O–H groups in total. The molecule has 1 aliphatic carbocycles. The maximum absolute atomic E-state index is 11.6. The normalized spacial score (nSPS) is 14.0. The molecule has 0 radical (unpaired) electrons. The summed E-state index contributed by atoms with van der Waals surface area (Å²) < 4.78 is 5.05. The highest BCUT2D eigenvalue weighted by molar-refractivity contribution is 5.79. The number of rotatable bonds is 6. The van der Waals surface area contributed by atoms with Gasteiger partial charge in [-0.25, -0.2) is 4.79 Å². The molecule has 0 heterocycles. The number of nitrogens with one attached hydrogen (secondary N) is 1. The van der Waals surface area contributed by atoms with Gasteiger partial charge in [-0.3, -0.25) is 4.79 Å². The van der Waals surface area contributed by atoms with E-state index in [1.54, 1.807) is 18.2 Å². The van der Waals surface area contributed by atoms with Gasteiger partial charge in [0, 0.05) is 6.04 Å². The molecule has 96 valence electrons. The van der Waals surface area contributed by atoms with E-state index in [2.05, 4.69) is 5.32 Å². The predicted molar refractivity (Wildman–Crippen MR) is 64.4 cm³/mol. The molecule has 18 heavy (non-hydrogen) atoms. The van der Waals surface area contributed by atoms with Crippen LogP contribution in [-0.4, -0.2) is 29.6 Å². The molecule has 0 spiro atoms. The van der Waals surface area contributed by atoms with E-state index in [1.165, 1.54) is 0 Å². The van der Waals surface area contributed by atoms with Crippen LogP contribution in [0.3, 0.4) is 0 Å². The van der Waals surface area contributed by atoms with Crippen LogP contribution in [0, 0.1) is 0 Å². The summed E-state index contributed by atoms with van der Waals surface area (Å²) in [6, 6.07) is 7.28. The van der Waals surface area contributed by atoms with E-state index in [4.69, 9.17) is 9.84 Å². The Morgan fingerprint density at radius 1 is 1.39 bits per heavy atom. The van der Waals surface area contributed by atoms with Crippen LogP contribution in [0.25, 0.3) is 0 Å². The number of benzene rings is 1. The van der Waals surface area contributed by atoms with Crippen LogP contribution in [0.1, 0.15) is 18.4 Å². The lowest BCUT2D eigenvalue weighted by molar-refractivity contribution is -0.139. The minimum Gasteiger partial charge on any atom is -0.482 e. The van der Waals surface area contributed by atoms with Gasteiger partial charge in [-0.1, -0.05) is 12.1 Å². The lowest BCUT2D eigenvalue weighted by atomic mass is 10.1. The number of amides is 1. The van der Waals surface area contributed by atoms with Crippen molar-refractivity contribution in [3.8, 4) is 5.75 Å². The SMILES string of the molecule is O=C(O)COc1cccc(CC(=O)NC2CC2)c1. The number of carbonyl (C=O) groups excluding carboxylic acids is 1. The zero-order valence-electron chi connectivity index (χ0n) is 9.89. The van der Waals surface area contributed by atoms with Crippen molar-refractivity contribution in [2.24, 2.45) is 0 Å². The van der Waals surface area contributed by atoms with E-state index in [0.29, 0.717) is 18.2 Å². The smallest absolute Gasteiger partial charge is 0.341 e. The Morgan fingerprint density at radius 3 is 2.83 bits per heavy atom. The molecule has 5 heteroatoms. The minimum absolute atomic E-state index is 0.00659. The average molecular weight is 249 g/mol. The van der Waals surface area contributed by atoms with Crippen molar-refractivity contribution in [3.63, 3.8) is 0 Å². The van der Waals surface area contributed by atoms with Crippen LogP contribution >= 0.6 is 0 Å². The van der Waals surface area contributed by atoms with Crippen LogP contribution in [0.15, 0.2) is 24.3 Å². The fourth-order valence-electron chi connectivity index (χ4n) is 1.58. The summed E-state index contributed by atoms with van der Waals surface area (Å²) in [5.74, 6) is -0.561. The second kappa shape index (κ2) is 5.53. The molecule has 0 atom stereocenters. The molecule has 5 nitrogen and oxygen atoms in total. The third-order valence-electron chi connectivity index (χ3n) is 2.57. The first-order valence-electron chi connectivity index (χ1n) is 5.86. The Morgan fingerprint density at radius 2 is 2.17 bits per heavy atom. The molecule has 0 aliphatic heterocycles. The highest BCUT2D eigenvalue weighted by atomic mass is 16.5. The summed E-state index contributed by atoms with van der Waals surface area (Å²) >= 11 is 0. The fraction of sp³-hybridized carbons (Fsp3) is 0.385. The molecule has 1 aromatic rings. The van der Waals surface area contributed by atoms with Gasteiger partial charge in [0.25, 0.3) is 0 Å².